The van der Waals surface area contributed by atoms with Crippen LogP contribution in [0.25, 0.3) is 0 Å². The number of hydrogen-bond donors (Lipinski definition) is 1. The molecule has 0 bridgehead atoms. The largest absolute Gasteiger partial charge is 0.490 e. The molecule has 2 rings (SSSR count). The van der Waals surface area contributed by atoms with E-state index in [1.54, 1.807) is 0 Å². The fourth-order valence-electron chi connectivity index (χ4n) is 3.24. The first kappa shape index (κ1) is 18.8. The SMILES string of the molecule is CCOC1(C(=O)Nc2ccc(OC(C)CC)c(C)c2)CCCCC1. The molecular weight excluding hydrogens is 302 g/mol. The van der Waals surface area contributed by atoms with Gasteiger partial charge in [-0.3, -0.25) is 4.79 Å². The van der Waals surface area contributed by atoms with Gasteiger partial charge in [-0.25, -0.2) is 0 Å². The molecule has 0 heterocycles. The Morgan fingerprint density at radius 1 is 1.25 bits per heavy atom. The molecule has 1 aromatic carbocycles. The van der Waals surface area contributed by atoms with Gasteiger partial charge in [-0.2, -0.15) is 0 Å². The Morgan fingerprint density at radius 3 is 2.54 bits per heavy atom. The van der Waals surface area contributed by atoms with Crippen LogP contribution in [0.15, 0.2) is 18.2 Å². The first-order valence-electron chi connectivity index (χ1n) is 9.23. The number of rotatable bonds is 7. The van der Waals surface area contributed by atoms with Crippen LogP contribution in [0, 0.1) is 6.92 Å². The van der Waals surface area contributed by atoms with Crippen LogP contribution in [0.3, 0.4) is 0 Å². The van der Waals surface area contributed by atoms with E-state index in [4.69, 9.17) is 9.47 Å². The average Bonchev–Trinajstić information content (AvgIpc) is 2.58. The lowest BCUT2D eigenvalue weighted by atomic mass is 9.83. The van der Waals surface area contributed by atoms with Crippen molar-refractivity contribution in [3.05, 3.63) is 23.8 Å². The molecule has 4 nitrogen and oxygen atoms in total. The van der Waals surface area contributed by atoms with E-state index < -0.39 is 5.60 Å². The van der Waals surface area contributed by atoms with E-state index in [-0.39, 0.29) is 12.0 Å². The van der Waals surface area contributed by atoms with Gasteiger partial charge in [-0.15, -0.1) is 0 Å². The zero-order valence-electron chi connectivity index (χ0n) is 15.5. The Labute approximate surface area is 145 Å². The molecule has 0 aliphatic heterocycles. The van der Waals surface area contributed by atoms with Crippen molar-refractivity contribution in [3.63, 3.8) is 0 Å². The number of benzene rings is 1. The summed E-state index contributed by atoms with van der Waals surface area (Å²) in [5.41, 5.74) is 1.17. The molecule has 0 aromatic heterocycles. The summed E-state index contributed by atoms with van der Waals surface area (Å²) in [6.45, 7) is 8.69. The Bertz CT molecular complexity index is 544. The van der Waals surface area contributed by atoms with Crippen LogP contribution in [0.5, 0.6) is 5.75 Å². The van der Waals surface area contributed by atoms with Gasteiger partial charge in [0.15, 0.2) is 0 Å². The average molecular weight is 333 g/mol. The molecule has 1 aliphatic carbocycles. The van der Waals surface area contributed by atoms with E-state index in [9.17, 15) is 4.79 Å². The fourth-order valence-corrected chi connectivity index (χ4v) is 3.24. The minimum Gasteiger partial charge on any atom is -0.490 e. The monoisotopic (exact) mass is 333 g/mol. The molecule has 1 saturated carbocycles. The summed E-state index contributed by atoms with van der Waals surface area (Å²) in [5.74, 6) is 0.860. The predicted molar refractivity (Wildman–Crippen MR) is 97.6 cm³/mol. The number of carbonyl (C=O) groups excluding carboxylic acids is 1. The second-order valence-electron chi connectivity index (χ2n) is 6.76. The van der Waals surface area contributed by atoms with Gasteiger partial charge >= 0.3 is 0 Å². The van der Waals surface area contributed by atoms with Gasteiger partial charge in [-0.1, -0.05) is 26.2 Å². The van der Waals surface area contributed by atoms with E-state index in [0.29, 0.717) is 6.61 Å². The number of aryl methyl sites for hydroxylation is 1. The molecular formula is C20H31NO3. The summed E-state index contributed by atoms with van der Waals surface area (Å²) in [7, 11) is 0. The fraction of sp³-hybridized carbons (Fsp3) is 0.650. The highest BCUT2D eigenvalue weighted by Crippen LogP contribution is 2.33. The van der Waals surface area contributed by atoms with Crippen molar-refractivity contribution in [2.75, 3.05) is 11.9 Å². The van der Waals surface area contributed by atoms with Gasteiger partial charge < -0.3 is 14.8 Å². The van der Waals surface area contributed by atoms with Gasteiger partial charge in [-0.05, 0) is 63.8 Å². The van der Waals surface area contributed by atoms with E-state index in [1.807, 2.05) is 32.0 Å². The lowest BCUT2D eigenvalue weighted by molar-refractivity contribution is -0.145. The molecule has 1 aliphatic rings. The van der Waals surface area contributed by atoms with Crippen LogP contribution in [0.2, 0.25) is 0 Å². The van der Waals surface area contributed by atoms with Crippen molar-refractivity contribution in [3.8, 4) is 5.75 Å². The molecule has 0 spiro atoms. The maximum Gasteiger partial charge on any atom is 0.256 e. The Morgan fingerprint density at radius 2 is 1.96 bits per heavy atom. The Kier molecular flexibility index (Phi) is 6.67. The number of carbonyl (C=O) groups is 1. The minimum atomic E-state index is -0.660. The normalized spacial score (nSPS) is 18.0. The van der Waals surface area contributed by atoms with Crippen LogP contribution in [-0.2, 0) is 9.53 Å². The second kappa shape index (κ2) is 8.52. The molecule has 1 fully saturated rings. The van der Waals surface area contributed by atoms with Crippen molar-refractivity contribution in [2.45, 2.75) is 77.9 Å². The third kappa shape index (κ3) is 4.50. The highest BCUT2D eigenvalue weighted by molar-refractivity contribution is 5.97. The summed E-state index contributed by atoms with van der Waals surface area (Å²) in [6, 6.07) is 5.81. The van der Waals surface area contributed by atoms with E-state index in [0.717, 1.165) is 49.1 Å². The van der Waals surface area contributed by atoms with E-state index in [2.05, 4.69) is 19.2 Å². The number of hydrogen-bond acceptors (Lipinski definition) is 3. The zero-order valence-corrected chi connectivity index (χ0v) is 15.5. The quantitative estimate of drug-likeness (QED) is 0.776. The standard InChI is InChI=1S/C20H31NO3/c1-5-16(4)24-18-11-10-17(14-15(18)3)21-19(22)20(23-6-2)12-8-7-9-13-20/h10-11,14,16H,5-9,12-13H2,1-4H3,(H,21,22). The van der Waals surface area contributed by atoms with Gasteiger partial charge in [0, 0.05) is 12.3 Å². The maximum absolute atomic E-state index is 12.8. The van der Waals surface area contributed by atoms with E-state index >= 15 is 0 Å². The molecule has 24 heavy (non-hydrogen) atoms. The Hall–Kier alpha value is -1.55. The smallest absolute Gasteiger partial charge is 0.256 e. The maximum atomic E-state index is 12.8. The van der Waals surface area contributed by atoms with Gasteiger partial charge in [0.1, 0.15) is 11.4 Å². The first-order valence-corrected chi connectivity index (χ1v) is 9.23. The zero-order chi connectivity index (χ0) is 17.6. The summed E-state index contributed by atoms with van der Waals surface area (Å²) >= 11 is 0. The number of amides is 1. The molecule has 0 saturated heterocycles. The number of ether oxygens (including phenoxy) is 2. The topological polar surface area (TPSA) is 47.6 Å². The van der Waals surface area contributed by atoms with Crippen molar-refractivity contribution in [1.29, 1.82) is 0 Å². The molecule has 1 atom stereocenters. The van der Waals surface area contributed by atoms with Crippen LogP contribution >= 0.6 is 0 Å². The summed E-state index contributed by atoms with van der Waals surface area (Å²) in [4.78, 5) is 12.8. The molecule has 1 aromatic rings. The Balaban J connectivity index is 2.09. The molecule has 1 unspecified atom stereocenters. The minimum absolute atomic E-state index is 0.0148. The summed E-state index contributed by atoms with van der Waals surface area (Å²) in [6.07, 6.45) is 6.05. The van der Waals surface area contributed by atoms with Gasteiger partial charge in [0.2, 0.25) is 0 Å². The van der Waals surface area contributed by atoms with Crippen LogP contribution in [0.1, 0.15) is 64.9 Å². The lowest BCUT2D eigenvalue weighted by Gasteiger charge is -2.35. The van der Waals surface area contributed by atoms with Crippen molar-refractivity contribution >= 4 is 11.6 Å². The summed E-state index contributed by atoms with van der Waals surface area (Å²) in [5, 5.41) is 3.05. The molecule has 0 radical (unpaired) electrons. The van der Waals surface area contributed by atoms with E-state index in [1.165, 1.54) is 6.42 Å². The number of nitrogens with one attached hydrogen (secondary N) is 1. The van der Waals surface area contributed by atoms with Crippen LogP contribution in [0.4, 0.5) is 5.69 Å². The lowest BCUT2D eigenvalue weighted by Crippen LogP contribution is -2.47. The molecule has 134 valence electrons. The highest BCUT2D eigenvalue weighted by Gasteiger charge is 2.40. The van der Waals surface area contributed by atoms with Crippen LogP contribution < -0.4 is 10.1 Å². The summed E-state index contributed by atoms with van der Waals surface area (Å²) < 4.78 is 11.8. The van der Waals surface area contributed by atoms with Crippen molar-refractivity contribution in [1.82, 2.24) is 0 Å². The third-order valence-electron chi connectivity index (χ3n) is 4.83. The molecule has 1 amide bonds. The van der Waals surface area contributed by atoms with Crippen molar-refractivity contribution in [2.24, 2.45) is 0 Å². The predicted octanol–water partition coefficient (Wildman–Crippen LogP) is 4.85. The van der Waals surface area contributed by atoms with Crippen LogP contribution in [-0.4, -0.2) is 24.2 Å². The highest BCUT2D eigenvalue weighted by atomic mass is 16.5. The molecule has 1 N–H and O–H groups in total. The second-order valence-corrected chi connectivity index (χ2v) is 6.76. The van der Waals surface area contributed by atoms with Gasteiger partial charge in [0.25, 0.3) is 5.91 Å². The van der Waals surface area contributed by atoms with Crippen molar-refractivity contribution < 1.29 is 14.3 Å². The third-order valence-corrected chi connectivity index (χ3v) is 4.83. The first-order chi connectivity index (χ1) is 11.5. The molecule has 4 heteroatoms. The number of anilines is 1. The van der Waals surface area contributed by atoms with Gasteiger partial charge in [0.05, 0.1) is 6.10 Å².